The summed E-state index contributed by atoms with van der Waals surface area (Å²) in [6.07, 6.45) is 6.85. The first-order valence-corrected chi connectivity index (χ1v) is 7.43. The number of nitrogens with zero attached hydrogens (tertiary/aromatic N) is 4. The Kier molecular flexibility index (Phi) is 4.00. The number of hydrogen-bond donors (Lipinski definition) is 1. The monoisotopic (exact) mass is 297 g/mol. The first kappa shape index (κ1) is 14.4. The maximum absolute atomic E-state index is 12.6. The second kappa shape index (κ2) is 6.09. The number of piperidine rings is 1. The van der Waals surface area contributed by atoms with E-state index in [4.69, 9.17) is 5.73 Å². The van der Waals surface area contributed by atoms with Crippen LogP contribution in [-0.2, 0) is 0 Å². The Morgan fingerprint density at radius 2 is 2.27 bits per heavy atom. The average molecular weight is 297 g/mol. The van der Waals surface area contributed by atoms with Crippen LogP contribution in [0.2, 0.25) is 0 Å². The van der Waals surface area contributed by atoms with Gasteiger partial charge in [0.25, 0.3) is 0 Å². The zero-order valence-electron chi connectivity index (χ0n) is 12.6. The van der Waals surface area contributed by atoms with Crippen LogP contribution in [-0.4, -0.2) is 33.8 Å². The van der Waals surface area contributed by atoms with Gasteiger partial charge in [-0.05, 0) is 31.9 Å². The molecule has 0 amide bonds. The van der Waals surface area contributed by atoms with E-state index in [1.165, 1.54) is 0 Å². The highest BCUT2D eigenvalue weighted by molar-refractivity contribution is 5.98. The number of aryl methyl sites for hydroxylation is 1. The van der Waals surface area contributed by atoms with Crippen molar-refractivity contribution in [1.82, 2.24) is 15.0 Å². The fourth-order valence-corrected chi connectivity index (χ4v) is 2.71. The van der Waals surface area contributed by atoms with Gasteiger partial charge in [0.05, 0.1) is 0 Å². The van der Waals surface area contributed by atoms with Gasteiger partial charge in [-0.3, -0.25) is 9.78 Å². The molecule has 6 nitrogen and oxygen atoms in total. The molecule has 1 unspecified atom stereocenters. The molecule has 6 heteroatoms. The molecule has 2 aromatic heterocycles. The number of anilines is 2. The molecule has 1 saturated heterocycles. The lowest BCUT2D eigenvalue weighted by Crippen LogP contribution is -2.39. The van der Waals surface area contributed by atoms with Gasteiger partial charge in [-0.1, -0.05) is 0 Å². The first-order chi connectivity index (χ1) is 10.6. The third-order valence-electron chi connectivity index (χ3n) is 4.02. The molecule has 0 spiro atoms. The van der Waals surface area contributed by atoms with Crippen molar-refractivity contribution in [3.05, 3.63) is 41.9 Å². The first-order valence-electron chi connectivity index (χ1n) is 7.43. The van der Waals surface area contributed by atoms with Crippen LogP contribution >= 0.6 is 0 Å². The minimum atomic E-state index is -0.0518. The molecule has 2 aromatic rings. The lowest BCUT2D eigenvalue weighted by Gasteiger charge is -2.32. The van der Waals surface area contributed by atoms with Crippen molar-refractivity contribution in [3.63, 3.8) is 0 Å². The molecule has 0 radical (unpaired) electrons. The molecule has 3 heterocycles. The molecule has 1 aliphatic heterocycles. The summed E-state index contributed by atoms with van der Waals surface area (Å²) in [7, 11) is 0. The van der Waals surface area contributed by atoms with Gasteiger partial charge in [-0.2, -0.15) is 4.98 Å². The fourth-order valence-electron chi connectivity index (χ4n) is 2.71. The lowest BCUT2D eigenvalue weighted by atomic mass is 9.91. The normalized spacial score (nSPS) is 18.2. The molecule has 0 saturated carbocycles. The Balaban J connectivity index is 1.76. The summed E-state index contributed by atoms with van der Waals surface area (Å²) in [6.45, 7) is 3.35. The minimum Gasteiger partial charge on any atom is -0.383 e. The molecule has 1 atom stereocenters. The molecule has 1 aliphatic rings. The van der Waals surface area contributed by atoms with Crippen molar-refractivity contribution < 1.29 is 4.79 Å². The molecule has 3 rings (SSSR count). The Labute approximate surface area is 129 Å². The molecule has 114 valence electrons. The molecular weight excluding hydrogens is 278 g/mol. The number of hydrogen-bond acceptors (Lipinski definition) is 6. The van der Waals surface area contributed by atoms with Gasteiger partial charge in [0, 0.05) is 48.7 Å². The molecule has 22 heavy (non-hydrogen) atoms. The van der Waals surface area contributed by atoms with Crippen molar-refractivity contribution >= 4 is 17.5 Å². The fraction of sp³-hybridized carbons (Fsp3) is 0.375. The van der Waals surface area contributed by atoms with Crippen LogP contribution < -0.4 is 10.6 Å². The number of nitrogen functional groups attached to an aromatic ring is 1. The van der Waals surface area contributed by atoms with Crippen LogP contribution in [0.25, 0.3) is 0 Å². The van der Waals surface area contributed by atoms with Crippen molar-refractivity contribution in [2.75, 3.05) is 23.7 Å². The van der Waals surface area contributed by atoms with Crippen LogP contribution in [0, 0.1) is 12.8 Å². The van der Waals surface area contributed by atoms with Crippen LogP contribution in [0.4, 0.5) is 11.8 Å². The number of Topliss-reactive ketones (excluding diaryl/α,β-unsaturated/α-hetero) is 1. The van der Waals surface area contributed by atoms with Gasteiger partial charge >= 0.3 is 0 Å². The van der Waals surface area contributed by atoms with Gasteiger partial charge in [0.2, 0.25) is 5.95 Å². The summed E-state index contributed by atoms with van der Waals surface area (Å²) >= 11 is 0. The van der Waals surface area contributed by atoms with Gasteiger partial charge < -0.3 is 10.6 Å². The Morgan fingerprint density at radius 3 is 3.00 bits per heavy atom. The zero-order chi connectivity index (χ0) is 15.5. The van der Waals surface area contributed by atoms with E-state index in [1.807, 2.05) is 17.9 Å². The number of nitrogens with two attached hydrogens (primary N) is 1. The standard InChI is InChI=1S/C16H19N5O/c1-11-8-19-16(20-15(11)17)21-7-3-5-13(10-21)14(22)12-4-2-6-18-9-12/h2,4,6,8-9,13H,3,5,7,10H2,1H3,(H2,17,19,20). The maximum Gasteiger partial charge on any atom is 0.227 e. The van der Waals surface area contributed by atoms with Crippen molar-refractivity contribution in [3.8, 4) is 0 Å². The van der Waals surface area contributed by atoms with Gasteiger partial charge in [-0.15, -0.1) is 0 Å². The highest BCUT2D eigenvalue weighted by Gasteiger charge is 2.28. The van der Waals surface area contributed by atoms with Crippen LogP contribution in [0.3, 0.4) is 0 Å². The van der Waals surface area contributed by atoms with Gasteiger partial charge in [0.15, 0.2) is 5.78 Å². The Bertz CT molecular complexity index is 673. The largest absolute Gasteiger partial charge is 0.383 e. The highest BCUT2D eigenvalue weighted by atomic mass is 16.1. The summed E-state index contributed by atoms with van der Waals surface area (Å²) in [5, 5.41) is 0. The van der Waals surface area contributed by atoms with Crippen LogP contribution in [0.15, 0.2) is 30.7 Å². The third kappa shape index (κ3) is 2.90. The van der Waals surface area contributed by atoms with Crippen LogP contribution in [0.1, 0.15) is 28.8 Å². The topological polar surface area (TPSA) is 85.0 Å². The number of aromatic nitrogens is 3. The van der Waals surface area contributed by atoms with E-state index < -0.39 is 0 Å². The summed E-state index contributed by atoms with van der Waals surface area (Å²) in [5.74, 6) is 1.18. The van der Waals surface area contributed by atoms with E-state index >= 15 is 0 Å². The molecule has 2 N–H and O–H groups in total. The molecular formula is C16H19N5O. The molecule has 1 fully saturated rings. The van der Waals surface area contributed by atoms with E-state index in [0.717, 1.165) is 24.9 Å². The molecule has 0 aromatic carbocycles. The number of rotatable bonds is 3. The van der Waals surface area contributed by atoms with E-state index in [9.17, 15) is 4.79 Å². The van der Waals surface area contributed by atoms with Crippen molar-refractivity contribution in [2.24, 2.45) is 5.92 Å². The van der Waals surface area contributed by atoms with E-state index in [2.05, 4.69) is 15.0 Å². The second-order valence-electron chi connectivity index (χ2n) is 5.63. The summed E-state index contributed by atoms with van der Waals surface area (Å²) in [5.41, 5.74) is 7.39. The lowest BCUT2D eigenvalue weighted by molar-refractivity contribution is 0.0906. The summed E-state index contributed by atoms with van der Waals surface area (Å²) in [4.78, 5) is 27.3. The van der Waals surface area contributed by atoms with Crippen LogP contribution in [0.5, 0.6) is 0 Å². The number of pyridine rings is 1. The number of carbonyl (C=O) groups excluding carboxylic acids is 1. The minimum absolute atomic E-state index is 0.0518. The molecule has 0 bridgehead atoms. The van der Waals surface area contributed by atoms with E-state index in [-0.39, 0.29) is 11.7 Å². The Morgan fingerprint density at radius 1 is 1.41 bits per heavy atom. The second-order valence-corrected chi connectivity index (χ2v) is 5.63. The predicted molar refractivity (Wildman–Crippen MR) is 84.7 cm³/mol. The number of ketones is 1. The average Bonchev–Trinajstić information content (AvgIpc) is 2.57. The smallest absolute Gasteiger partial charge is 0.227 e. The maximum atomic E-state index is 12.6. The van der Waals surface area contributed by atoms with Crippen molar-refractivity contribution in [2.45, 2.75) is 19.8 Å². The summed E-state index contributed by atoms with van der Waals surface area (Å²) < 4.78 is 0. The summed E-state index contributed by atoms with van der Waals surface area (Å²) in [6, 6.07) is 3.60. The SMILES string of the molecule is Cc1cnc(N2CCCC(C(=O)c3cccnc3)C2)nc1N. The number of carbonyl (C=O) groups is 1. The van der Waals surface area contributed by atoms with E-state index in [0.29, 0.717) is 23.9 Å². The Hall–Kier alpha value is -2.50. The zero-order valence-corrected chi connectivity index (χ0v) is 12.6. The quantitative estimate of drug-likeness (QED) is 0.870. The predicted octanol–water partition coefficient (Wildman–Crippen LogP) is 1.86. The van der Waals surface area contributed by atoms with Gasteiger partial charge in [-0.25, -0.2) is 4.98 Å². The molecule has 0 aliphatic carbocycles. The van der Waals surface area contributed by atoms with Gasteiger partial charge in [0.1, 0.15) is 5.82 Å². The third-order valence-corrected chi connectivity index (χ3v) is 4.02. The van der Waals surface area contributed by atoms with E-state index in [1.54, 1.807) is 24.7 Å². The highest BCUT2D eigenvalue weighted by Crippen LogP contribution is 2.24. The van der Waals surface area contributed by atoms with Crippen molar-refractivity contribution in [1.29, 1.82) is 0 Å².